The van der Waals surface area contributed by atoms with E-state index in [9.17, 15) is 24.6 Å². The van der Waals surface area contributed by atoms with Gasteiger partial charge in [-0.3, -0.25) is 14.4 Å². The van der Waals surface area contributed by atoms with Gasteiger partial charge in [-0.2, -0.15) is 0 Å². The van der Waals surface area contributed by atoms with Gasteiger partial charge < -0.3 is 23.9 Å². The summed E-state index contributed by atoms with van der Waals surface area (Å²) in [5.41, 5.74) is 2.42. The number of benzene rings is 3. The Morgan fingerprint density at radius 1 is 1.00 bits per heavy atom. The maximum absolute atomic E-state index is 14.1. The van der Waals surface area contributed by atoms with Gasteiger partial charge in [0.15, 0.2) is 0 Å². The fourth-order valence-electron chi connectivity index (χ4n) is 5.33. The van der Waals surface area contributed by atoms with Crippen molar-refractivity contribution >= 4 is 27.8 Å². The minimum atomic E-state index is -0.968. The van der Waals surface area contributed by atoms with Gasteiger partial charge in [-0.05, 0) is 66.3 Å². The molecule has 8 nitrogen and oxygen atoms in total. The van der Waals surface area contributed by atoms with Crippen molar-refractivity contribution in [3.63, 3.8) is 0 Å². The summed E-state index contributed by atoms with van der Waals surface area (Å²) in [5.74, 6) is -1.55. The maximum Gasteiger partial charge on any atom is 0.306 e. The summed E-state index contributed by atoms with van der Waals surface area (Å²) in [6, 6.07) is 16.5. The normalized spacial score (nSPS) is 12.2. The largest absolute Gasteiger partial charge is 0.508 e. The molecule has 1 atom stereocenters. The number of aromatic hydroxyl groups is 2. The molecule has 3 aromatic carbocycles. The van der Waals surface area contributed by atoms with Crippen LogP contribution in [-0.2, 0) is 16.1 Å². The number of nitrogens with zero attached hydrogens (tertiary/aromatic N) is 1. The number of phenols is 2. The predicted octanol–water partition coefficient (Wildman–Crippen LogP) is 5.85. The van der Waals surface area contributed by atoms with Crippen molar-refractivity contribution in [3.8, 4) is 22.6 Å². The van der Waals surface area contributed by atoms with E-state index in [0.717, 1.165) is 16.5 Å². The number of methoxy groups -OCH3 is 1. The third-order valence-corrected chi connectivity index (χ3v) is 7.28. The molecule has 0 aliphatic heterocycles. The van der Waals surface area contributed by atoms with E-state index in [2.05, 4.69) is 0 Å². The predicted molar refractivity (Wildman–Crippen MR) is 158 cm³/mol. The first-order valence-electron chi connectivity index (χ1n) is 13.4. The minimum absolute atomic E-state index is 0.0606. The maximum atomic E-state index is 14.1. The molecule has 0 saturated heterocycles. The van der Waals surface area contributed by atoms with Crippen molar-refractivity contribution in [3.05, 3.63) is 104 Å². The lowest BCUT2D eigenvalue weighted by Gasteiger charge is -2.22. The van der Waals surface area contributed by atoms with Crippen molar-refractivity contribution in [1.82, 2.24) is 4.57 Å². The molecule has 0 radical (unpaired) electrons. The van der Waals surface area contributed by atoms with Crippen LogP contribution in [0.15, 0.2) is 80.9 Å². The van der Waals surface area contributed by atoms with E-state index < -0.39 is 11.9 Å². The Hall–Kier alpha value is -4.85. The molecule has 2 aromatic heterocycles. The van der Waals surface area contributed by atoms with Gasteiger partial charge in [0, 0.05) is 23.6 Å². The number of carbonyl (C=O) groups excluding carboxylic acids is 1. The number of hydrogen-bond acceptors (Lipinski definition) is 7. The van der Waals surface area contributed by atoms with Crippen molar-refractivity contribution < 1.29 is 24.2 Å². The molecule has 0 spiro atoms. The van der Waals surface area contributed by atoms with Crippen LogP contribution in [0.25, 0.3) is 33.0 Å². The lowest BCUT2D eigenvalue weighted by molar-refractivity contribution is -0.140. The summed E-state index contributed by atoms with van der Waals surface area (Å²) in [4.78, 5) is 40.4. The summed E-state index contributed by atoms with van der Waals surface area (Å²) in [6.45, 7) is 6.44. The first-order valence-corrected chi connectivity index (χ1v) is 13.4. The molecule has 0 unspecified atom stereocenters. The Kier molecular flexibility index (Phi) is 7.41. The van der Waals surface area contributed by atoms with Crippen molar-refractivity contribution in [2.45, 2.75) is 39.7 Å². The number of fused-ring (bicyclic) bond motifs is 2. The molecule has 5 aromatic rings. The molecule has 0 amide bonds. The average molecular weight is 554 g/mol. The highest BCUT2D eigenvalue weighted by molar-refractivity contribution is 5.88. The summed E-state index contributed by atoms with van der Waals surface area (Å²) in [5, 5.41) is 21.8. The van der Waals surface area contributed by atoms with E-state index in [1.807, 2.05) is 39.0 Å². The van der Waals surface area contributed by atoms with E-state index >= 15 is 0 Å². The van der Waals surface area contributed by atoms with Crippen molar-refractivity contribution in [2.75, 3.05) is 7.11 Å². The van der Waals surface area contributed by atoms with Crippen LogP contribution < -0.4 is 11.0 Å². The van der Waals surface area contributed by atoms with E-state index in [4.69, 9.17) is 9.15 Å². The topological polar surface area (TPSA) is 119 Å². The molecule has 0 bridgehead atoms. The van der Waals surface area contributed by atoms with Crippen LogP contribution in [0, 0.1) is 12.8 Å². The molecule has 0 aliphatic carbocycles. The average Bonchev–Trinajstić information content (AvgIpc) is 2.94. The second kappa shape index (κ2) is 11.0. The molecule has 210 valence electrons. The standard InChI is InChI=1S/C33H31NO7/c1-18(2)16-34-27-11-5-19(3)13-21(27)14-25(33(34)39)24(15-29(37)40-4)30-28(36)12-10-23-31(38)26(17-41-32(23)30)20-6-8-22(35)9-7-20/h5-14,17-18,24,35-36H,15-16H2,1-4H3/t24-/m0/s1. The number of aryl methyl sites for hydroxylation is 1. The van der Waals surface area contributed by atoms with E-state index in [1.54, 1.807) is 22.8 Å². The monoisotopic (exact) mass is 553 g/mol. The fraction of sp³-hybridized carbons (Fsp3) is 0.242. The lowest BCUT2D eigenvalue weighted by Crippen LogP contribution is -2.29. The Morgan fingerprint density at radius 3 is 2.41 bits per heavy atom. The molecule has 2 N–H and O–H groups in total. The molecular formula is C33H31NO7. The van der Waals surface area contributed by atoms with Crippen LogP contribution >= 0.6 is 0 Å². The molecule has 41 heavy (non-hydrogen) atoms. The highest BCUT2D eigenvalue weighted by Gasteiger charge is 2.30. The van der Waals surface area contributed by atoms with Gasteiger partial charge in [0.05, 0.1) is 30.0 Å². The smallest absolute Gasteiger partial charge is 0.306 e. The van der Waals surface area contributed by atoms with E-state index in [-0.39, 0.29) is 62.5 Å². The summed E-state index contributed by atoms with van der Waals surface area (Å²) in [7, 11) is 1.26. The highest BCUT2D eigenvalue weighted by atomic mass is 16.5. The second-order valence-corrected chi connectivity index (χ2v) is 10.7. The fourth-order valence-corrected chi connectivity index (χ4v) is 5.33. The van der Waals surface area contributed by atoms with E-state index in [1.165, 1.54) is 37.6 Å². The number of hydrogen-bond donors (Lipinski definition) is 2. The number of esters is 1. The van der Waals surface area contributed by atoms with Crippen molar-refractivity contribution in [1.29, 1.82) is 0 Å². The second-order valence-electron chi connectivity index (χ2n) is 10.7. The van der Waals surface area contributed by atoms with Crippen LogP contribution in [0.4, 0.5) is 0 Å². The molecule has 5 rings (SSSR count). The van der Waals surface area contributed by atoms with E-state index in [0.29, 0.717) is 12.1 Å². The summed E-state index contributed by atoms with van der Waals surface area (Å²) in [6.07, 6.45) is 1.02. The van der Waals surface area contributed by atoms with Gasteiger partial charge in [0.1, 0.15) is 23.3 Å². The zero-order valence-corrected chi connectivity index (χ0v) is 23.3. The molecule has 0 fully saturated rings. The number of aromatic nitrogens is 1. The quantitative estimate of drug-likeness (QED) is 0.243. The Labute approximate surface area is 236 Å². The lowest BCUT2D eigenvalue weighted by atomic mass is 9.86. The Bertz CT molecular complexity index is 1900. The van der Waals surface area contributed by atoms with Crippen molar-refractivity contribution in [2.24, 2.45) is 5.92 Å². The van der Waals surface area contributed by atoms with Crippen LogP contribution in [0.1, 0.15) is 42.9 Å². The van der Waals surface area contributed by atoms with Gasteiger partial charge in [-0.15, -0.1) is 0 Å². The number of rotatable bonds is 7. The Balaban J connectivity index is 1.81. The van der Waals surface area contributed by atoms with Crippen LogP contribution in [0.3, 0.4) is 0 Å². The number of pyridine rings is 1. The third kappa shape index (κ3) is 5.20. The minimum Gasteiger partial charge on any atom is -0.508 e. The van der Waals surface area contributed by atoms with Gasteiger partial charge in [0.25, 0.3) is 5.56 Å². The van der Waals surface area contributed by atoms with Gasteiger partial charge in [-0.1, -0.05) is 37.6 Å². The van der Waals surface area contributed by atoms with Gasteiger partial charge in [-0.25, -0.2) is 0 Å². The zero-order chi connectivity index (χ0) is 29.4. The Morgan fingerprint density at radius 2 is 1.73 bits per heavy atom. The molecule has 2 heterocycles. The van der Waals surface area contributed by atoms with Crippen LogP contribution in [0.5, 0.6) is 11.5 Å². The van der Waals surface area contributed by atoms with Crippen LogP contribution in [0.2, 0.25) is 0 Å². The molecule has 0 saturated carbocycles. The molecule has 0 aliphatic rings. The number of phenolic OH excluding ortho intramolecular Hbond substituents is 2. The molecule has 8 heteroatoms. The summed E-state index contributed by atoms with van der Waals surface area (Å²) >= 11 is 0. The third-order valence-electron chi connectivity index (χ3n) is 7.28. The number of carbonyl (C=O) groups is 1. The highest BCUT2D eigenvalue weighted by Crippen LogP contribution is 2.39. The van der Waals surface area contributed by atoms with Crippen LogP contribution in [-0.4, -0.2) is 27.9 Å². The number of ether oxygens (including phenoxy) is 1. The SMILES string of the molecule is COC(=O)C[C@@H](c1cc2cc(C)ccc2n(CC(C)C)c1=O)c1c(O)ccc2c(=O)c(-c3ccc(O)cc3)coc12. The first-order chi connectivity index (χ1) is 19.6. The summed E-state index contributed by atoms with van der Waals surface area (Å²) < 4.78 is 12.7. The zero-order valence-electron chi connectivity index (χ0n) is 23.3. The molecular weight excluding hydrogens is 522 g/mol. The van der Waals surface area contributed by atoms with Gasteiger partial charge >= 0.3 is 5.97 Å². The first kappa shape index (κ1) is 27.7. The van der Waals surface area contributed by atoms with Gasteiger partial charge in [0.2, 0.25) is 5.43 Å².